The number of rotatable bonds is 5. The highest BCUT2D eigenvalue weighted by Gasteiger charge is 2.33. The molecule has 0 spiro atoms. The van der Waals surface area contributed by atoms with E-state index in [1.54, 1.807) is 36.4 Å². The molecule has 1 fully saturated rings. The lowest BCUT2D eigenvalue weighted by Gasteiger charge is -2.30. The molecule has 1 aliphatic rings. The number of amides is 1. The normalized spacial score (nSPS) is 18.4. The Morgan fingerprint density at radius 3 is 2.77 bits per heavy atom. The van der Waals surface area contributed by atoms with Crippen molar-refractivity contribution < 1.29 is 13.2 Å². The number of carbonyl (C=O) groups excluding carboxylic acids is 1. The molecule has 0 N–H and O–H groups in total. The van der Waals surface area contributed by atoms with Crippen LogP contribution in [0, 0.1) is 5.92 Å². The van der Waals surface area contributed by atoms with E-state index in [1.165, 1.54) is 15.6 Å². The van der Waals surface area contributed by atoms with Crippen molar-refractivity contribution in [1.29, 1.82) is 0 Å². The van der Waals surface area contributed by atoms with Crippen molar-refractivity contribution >= 4 is 53.4 Å². The zero-order valence-corrected chi connectivity index (χ0v) is 20.0. The van der Waals surface area contributed by atoms with Crippen molar-refractivity contribution in [2.45, 2.75) is 24.3 Å². The summed E-state index contributed by atoms with van der Waals surface area (Å²) in [5.41, 5.74) is 0.983. The first-order chi connectivity index (χ1) is 14.9. The van der Waals surface area contributed by atoms with Gasteiger partial charge in [-0.1, -0.05) is 51.5 Å². The zero-order valence-electron chi connectivity index (χ0n) is 16.8. The number of hydrogen-bond acceptors (Lipinski definition) is 4. The van der Waals surface area contributed by atoms with E-state index >= 15 is 0 Å². The average Bonchev–Trinajstić information content (AvgIpc) is 3.10. The summed E-state index contributed by atoms with van der Waals surface area (Å²) in [4.78, 5) is 18.3. The van der Waals surface area contributed by atoms with Crippen molar-refractivity contribution in [2.75, 3.05) is 13.1 Å². The monoisotopic (exact) mass is 519 g/mol. The molecule has 2 aromatic carbocycles. The van der Waals surface area contributed by atoms with Gasteiger partial charge in [0.1, 0.15) is 0 Å². The van der Waals surface area contributed by atoms with Gasteiger partial charge in [-0.3, -0.25) is 4.79 Å². The second-order valence-electron chi connectivity index (χ2n) is 7.36. The Morgan fingerprint density at radius 2 is 2.03 bits per heavy atom. The lowest BCUT2D eigenvalue weighted by atomic mass is 9.99. The van der Waals surface area contributed by atoms with Gasteiger partial charge in [-0.2, -0.15) is 9.30 Å². The molecular formula is C22H22BrN3O3S2. The molecule has 3 aromatic rings. The minimum absolute atomic E-state index is 0.150. The average molecular weight is 520 g/mol. The molecule has 0 saturated carbocycles. The third kappa shape index (κ3) is 4.59. The lowest BCUT2D eigenvalue weighted by molar-refractivity contribution is -0.122. The van der Waals surface area contributed by atoms with Crippen LogP contribution in [0.4, 0.5) is 0 Å². The molecule has 1 aliphatic heterocycles. The summed E-state index contributed by atoms with van der Waals surface area (Å²) < 4.78 is 31.3. The van der Waals surface area contributed by atoms with E-state index in [4.69, 9.17) is 0 Å². The van der Waals surface area contributed by atoms with Gasteiger partial charge >= 0.3 is 0 Å². The summed E-state index contributed by atoms with van der Waals surface area (Å²) in [5.74, 6) is -0.738. The quantitative estimate of drug-likeness (QED) is 0.474. The third-order valence-electron chi connectivity index (χ3n) is 5.28. The largest absolute Gasteiger partial charge is 0.313 e. The first-order valence-electron chi connectivity index (χ1n) is 9.93. The fraction of sp³-hybridized carbons (Fsp3) is 0.273. The minimum atomic E-state index is -3.63. The Balaban J connectivity index is 1.63. The van der Waals surface area contributed by atoms with E-state index in [1.807, 2.05) is 22.8 Å². The van der Waals surface area contributed by atoms with Crippen LogP contribution in [0.5, 0.6) is 0 Å². The van der Waals surface area contributed by atoms with E-state index in [0.29, 0.717) is 30.7 Å². The summed E-state index contributed by atoms with van der Waals surface area (Å²) in [6.45, 7) is 4.91. The molecule has 4 rings (SSSR count). The summed E-state index contributed by atoms with van der Waals surface area (Å²) in [6.07, 6.45) is 3.03. The highest BCUT2D eigenvalue weighted by molar-refractivity contribution is 9.10. The zero-order chi connectivity index (χ0) is 22.0. The second-order valence-corrected chi connectivity index (χ2v) is 11.2. The number of benzene rings is 2. The maximum atomic E-state index is 13.0. The number of nitrogens with zero attached hydrogens (tertiary/aromatic N) is 3. The standard InChI is InChI=1S/C22H22BrN3O3S2/c1-2-12-26-19-11-10-17(23)14-20(19)30-22(26)24-21(27)16-7-6-13-25(15-16)31(28,29)18-8-4-3-5-9-18/h2-5,8-11,14,16H,1,6-7,12-13,15H2. The number of halogens is 1. The molecular weight excluding hydrogens is 498 g/mol. The fourth-order valence-electron chi connectivity index (χ4n) is 3.73. The maximum Gasteiger partial charge on any atom is 0.252 e. The highest BCUT2D eigenvalue weighted by atomic mass is 79.9. The predicted molar refractivity (Wildman–Crippen MR) is 126 cm³/mol. The fourth-order valence-corrected chi connectivity index (χ4v) is 6.87. The summed E-state index contributed by atoms with van der Waals surface area (Å²) in [7, 11) is -3.63. The van der Waals surface area contributed by atoms with Crippen molar-refractivity contribution in [3.05, 3.63) is 70.5 Å². The predicted octanol–water partition coefficient (Wildman–Crippen LogP) is 4.18. The van der Waals surface area contributed by atoms with E-state index in [2.05, 4.69) is 27.5 Å². The van der Waals surface area contributed by atoms with Crippen molar-refractivity contribution in [2.24, 2.45) is 10.9 Å². The number of aromatic nitrogens is 1. The maximum absolute atomic E-state index is 13.0. The molecule has 0 radical (unpaired) electrons. The van der Waals surface area contributed by atoms with Crippen LogP contribution in [-0.2, 0) is 21.4 Å². The number of piperidine rings is 1. The van der Waals surface area contributed by atoms with Gasteiger partial charge in [0, 0.05) is 24.1 Å². The molecule has 1 atom stereocenters. The second kappa shape index (κ2) is 9.20. The Morgan fingerprint density at radius 1 is 1.26 bits per heavy atom. The Bertz CT molecular complexity index is 1300. The van der Waals surface area contributed by atoms with E-state index in [9.17, 15) is 13.2 Å². The van der Waals surface area contributed by atoms with Gasteiger partial charge in [0.15, 0.2) is 4.80 Å². The molecule has 9 heteroatoms. The molecule has 162 valence electrons. The van der Waals surface area contributed by atoms with Gasteiger partial charge in [-0.05, 0) is 43.2 Å². The molecule has 2 heterocycles. The number of carbonyl (C=O) groups is 1. The number of hydrogen-bond donors (Lipinski definition) is 0. The first kappa shape index (κ1) is 22.1. The van der Waals surface area contributed by atoms with Crippen LogP contribution in [0.1, 0.15) is 12.8 Å². The Labute approximate surface area is 193 Å². The van der Waals surface area contributed by atoms with Gasteiger partial charge in [-0.25, -0.2) is 8.42 Å². The number of fused-ring (bicyclic) bond motifs is 1. The van der Waals surface area contributed by atoms with Gasteiger partial charge < -0.3 is 4.57 Å². The molecule has 31 heavy (non-hydrogen) atoms. The molecule has 1 amide bonds. The van der Waals surface area contributed by atoms with Crippen LogP contribution >= 0.6 is 27.3 Å². The summed E-state index contributed by atoms with van der Waals surface area (Å²) in [5, 5.41) is 0. The van der Waals surface area contributed by atoms with Crippen LogP contribution in [0.2, 0.25) is 0 Å². The van der Waals surface area contributed by atoms with Crippen LogP contribution in [0.25, 0.3) is 10.2 Å². The summed E-state index contributed by atoms with van der Waals surface area (Å²) in [6, 6.07) is 14.3. The van der Waals surface area contributed by atoms with E-state index in [-0.39, 0.29) is 17.3 Å². The van der Waals surface area contributed by atoms with Gasteiger partial charge in [0.2, 0.25) is 10.0 Å². The molecule has 0 aliphatic carbocycles. The third-order valence-corrected chi connectivity index (χ3v) is 8.69. The SMILES string of the molecule is C=CCn1c(=NC(=O)C2CCCN(S(=O)(=O)c3ccccc3)C2)sc2cc(Br)ccc21. The molecule has 1 saturated heterocycles. The molecule has 1 aromatic heterocycles. The number of allylic oxidation sites excluding steroid dienone is 1. The van der Waals surface area contributed by atoms with Crippen molar-refractivity contribution in [1.82, 2.24) is 8.87 Å². The van der Waals surface area contributed by atoms with Crippen molar-refractivity contribution in [3.63, 3.8) is 0 Å². The number of thiazole rings is 1. The van der Waals surface area contributed by atoms with Gasteiger partial charge in [0.25, 0.3) is 5.91 Å². The van der Waals surface area contributed by atoms with Crippen LogP contribution in [-0.4, -0.2) is 36.3 Å². The van der Waals surface area contributed by atoms with E-state index < -0.39 is 15.9 Å². The van der Waals surface area contributed by atoms with Crippen LogP contribution in [0.15, 0.2) is 75.5 Å². The first-order valence-corrected chi connectivity index (χ1v) is 13.0. The Kier molecular flexibility index (Phi) is 6.57. The van der Waals surface area contributed by atoms with E-state index in [0.717, 1.165) is 14.7 Å². The van der Waals surface area contributed by atoms with Crippen molar-refractivity contribution in [3.8, 4) is 0 Å². The molecule has 1 unspecified atom stereocenters. The lowest BCUT2D eigenvalue weighted by Crippen LogP contribution is -2.42. The van der Waals surface area contributed by atoms with Gasteiger partial charge in [0.05, 0.1) is 21.0 Å². The minimum Gasteiger partial charge on any atom is -0.313 e. The molecule has 6 nitrogen and oxygen atoms in total. The number of sulfonamides is 1. The topological polar surface area (TPSA) is 71.7 Å². The van der Waals surface area contributed by atoms with Crippen LogP contribution < -0.4 is 4.80 Å². The van der Waals surface area contributed by atoms with Gasteiger partial charge in [-0.15, -0.1) is 6.58 Å². The smallest absolute Gasteiger partial charge is 0.252 e. The summed E-state index contributed by atoms with van der Waals surface area (Å²) >= 11 is 4.92. The van der Waals surface area contributed by atoms with Crippen LogP contribution in [0.3, 0.4) is 0 Å². The Hall–Kier alpha value is -2.07. The molecule has 0 bridgehead atoms. The highest BCUT2D eigenvalue weighted by Crippen LogP contribution is 2.25.